The summed E-state index contributed by atoms with van der Waals surface area (Å²) in [6.07, 6.45) is 0. The van der Waals surface area contributed by atoms with E-state index in [0.717, 1.165) is 45.2 Å². The number of ether oxygens (including phenoxy) is 1. The minimum Gasteiger partial charge on any atom is -0.497 e. The van der Waals surface area contributed by atoms with Crippen molar-refractivity contribution >= 4 is 23.4 Å². The van der Waals surface area contributed by atoms with Gasteiger partial charge in [0, 0.05) is 16.9 Å². The molecule has 174 valence electrons. The van der Waals surface area contributed by atoms with Crippen molar-refractivity contribution in [3.63, 3.8) is 0 Å². The van der Waals surface area contributed by atoms with Gasteiger partial charge in [-0.3, -0.25) is 9.36 Å². The second-order valence-corrected chi connectivity index (χ2v) is 9.26. The van der Waals surface area contributed by atoms with Crippen LogP contribution < -0.4 is 10.1 Å². The number of benzene rings is 3. The standard InChI is InChI=1S/C27H28N4O2S/c1-17-7-6-8-21(15-17)26-29-30-27(31(26)22-9-11-23(33-5)12-10-22)34-16-24(32)28-25-19(3)13-18(2)14-20(25)4/h6-15H,16H2,1-5H3,(H,28,32). The lowest BCUT2D eigenvalue weighted by molar-refractivity contribution is -0.113. The fraction of sp³-hybridized carbons (Fsp3) is 0.222. The van der Waals surface area contributed by atoms with E-state index < -0.39 is 0 Å². The number of carbonyl (C=O) groups is 1. The lowest BCUT2D eigenvalue weighted by Gasteiger charge is -2.13. The average Bonchev–Trinajstić information content (AvgIpc) is 3.24. The number of rotatable bonds is 7. The summed E-state index contributed by atoms with van der Waals surface area (Å²) < 4.78 is 7.29. The van der Waals surface area contributed by atoms with E-state index in [1.807, 2.05) is 67.8 Å². The van der Waals surface area contributed by atoms with E-state index in [1.165, 1.54) is 17.3 Å². The third kappa shape index (κ3) is 5.15. The van der Waals surface area contributed by atoms with E-state index in [1.54, 1.807) is 7.11 Å². The van der Waals surface area contributed by atoms with Gasteiger partial charge < -0.3 is 10.1 Å². The minimum absolute atomic E-state index is 0.0820. The molecule has 1 heterocycles. The molecule has 7 heteroatoms. The Balaban J connectivity index is 1.62. The molecule has 0 aliphatic rings. The van der Waals surface area contributed by atoms with Crippen LogP contribution >= 0.6 is 11.8 Å². The van der Waals surface area contributed by atoms with Gasteiger partial charge in [-0.25, -0.2) is 0 Å². The van der Waals surface area contributed by atoms with Gasteiger partial charge in [0.2, 0.25) is 5.91 Å². The molecule has 1 amide bonds. The number of thioether (sulfide) groups is 1. The van der Waals surface area contributed by atoms with Crippen molar-refractivity contribution in [2.75, 3.05) is 18.2 Å². The summed E-state index contributed by atoms with van der Waals surface area (Å²) in [6, 6.07) is 20.0. The van der Waals surface area contributed by atoms with Crippen molar-refractivity contribution in [1.29, 1.82) is 0 Å². The Bertz CT molecular complexity index is 1310. The number of nitrogens with zero attached hydrogens (tertiary/aromatic N) is 3. The molecule has 0 saturated heterocycles. The molecule has 0 spiro atoms. The largest absolute Gasteiger partial charge is 0.497 e. The molecule has 3 aromatic carbocycles. The van der Waals surface area contributed by atoms with Crippen LogP contribution in [-0.4, -0.2) is 33.5 Å². The molecule has 1 aromatic heterocycles. The van der Waals surface area contributed by atoms with Crippen molar-refractivity contribution in [1.82, 2.24) is 14.8 Å². The van der Waals surface area contributed by atoms with Crippen LogP contribution in [0.25, 0.3) is 17.1 Å². The highest BCUT2D eigenvalue weighted by molar-refractivity contribution is 7.99. The molecule has 0 radical (unpaired) electrons. The molecule has 6 nitrogen and oxygen atoms in total. The number of aryl methyl sites for hydroxylation is 4. The number of amides is 1. The number of carbonyl (C=O) groups excluding carboxylic acids is 1. The fourth-order valence-corrected chi connectivity index (χ4v) is 4.73. The quantitative estimate of drug-likeness (QED) is 0.339. The third-order valence-electron chi connectivity index (χ3n) is 5.51. The van der Waals surface area contributed by atoms with Crippen LogP contribution in [0.4, 0.5) is 5.69 Å². The lowest BCUT2D eigenvalue weighted by atomic mass is 10.1. The molecule has 0 aliphatic heterocycles. The smallest absolute Gasteiger partial charge is 0.234 e. The minimum atomic E-state index is -0.0820. The van der Waals surface area contributed by atoms with Gasteiger partial charge in [0.05, 0.1) is 12.9 Å². The van der Waals surface area contributed by atoms with E-state index in [9.17, 15) is 4.79 Å². The molecular weight excluding hydrogens is 444 g/mol. The summed E-state index contributed by atoms with van der Waals surface area (Å²) in [5, 5.41) is 12.6. The molecule has 0 saturated carbocycles. The van der Waals surface area contributed by atoms with Gasteiger partial charge in [-0.05, 0) is 69.2 Å². The molecule has 0 bridgehead atoms. The number of anilines is 1. The number of methoxy groups -OCH3 is 1. The molecule has 4 rings (SSSR count). The number of hydrogen-bond donors (Lipinski definition) is 1. The van der Waals surface area contributed by atoms with Gasteiger partial charge in [-0.2, -0.15) is 0 Å². The second-order valence-electron chi connectivity index (χ2n) is 8.32. The molecule has 34 heavy (non-hydrogen) atoms. The first-order valence-corrected chi connectivity index (χ1v) is 12.0. The van der Waals surface area contributed by atoms with E-state index in [4.69, 9.17) is 4.74 Å². The van der Waals surface area contributed by atoms with Crippen molar-refractivity contribution < 1.29 is 9.53 Å². The van der Waals surface area contributed by atoms with Crippen molar-refractivity contribution in [3.05, 3.63) is 82.9 Å². The Morgan fingerprint density at radius 3 is 2.29 bits per heavy atom. The normalized spacial score (nSPS) is 10.9. The lowest BCUT2D eigenvalue weighted by Crippen LogP contribution is -2.16. The monoisotopic (exact) mass is 472 g/mol. The number of hydrogen-bond acceptors (Lipinski definition) is 5. The van der Waals surface area contributed by atoms with Crippen LogP contribution in [0.1, 0.15) is 22.3 Å². The Morgan fingerprint density at radius 1 is 0.941 bits per heavy atom. The maximum atomic E-state index is 12.8. The molecule has 0 fully saturated rings. The summed E-state index contributed by atoms with van der Waals surface area (Å²) in [6.45, 7) is 8.13. The van der Waals surface area contributed by atoms with Crippen LogP contribution in [0.15, 0.2) is 65.8 Å². The van der Waals surface area contributed by atoms with Crippen molar-refractivity contribution in [3.8, 4) is 22.8 Å². The highest BCUT2D eigenvalue weighted by Gasteiger charge is 2.18. The van der Waals surface area contributed by atoms with Gasteiger partial charge in [0.25, 0.3) is 0 Å². The second kappa shape index (κ2) is 10.1. The maximum Gasteiger partial charge on any atom is 0.234 e. The molecular formula is C27H28N4O2S. The van der Waals surface area contributed by atoms with E-state index in [0.29, 0.717) is 5.16 Å². The fourth-order valence-electron chi connectivity index (χ4n) is 3.98. The molecule has 0 unspecified atom stereocenters. The maximum absolute atomic E-state index is 12.8. The summed E-state index contributed by atoms with van der Waals surface area (Å²) in [5.41, 5.74) is 7.16. The average molecular weight is 473 g/mol. The van der Waals surface area contributed by atoms with Crippen molar-refractivity contribution in [2.24, 2.45) is 0 Å². The van der Waals surface area contributed by atoms with Gasteiger partial charge in [-0.15, -0.1) is 10.2 Å². The zero-order valence-electron chi connectivity index (χ0n) is 20.0. The Labute approximate surface area is 204 Å². The van der Waals surface area contributed by atoms with Crippen LogP contribution in [-0.2, 0) is 4.79 Å². The first-order valence-electron chi connectivity index (χ1n) is 11.0. The molecule has 0 aliphatic carbocycles. The predicted molar refractivity (Wildman–Crippen MR) is 138 cm³/mol. The summed E-state index contributed by atoms with van der Waals surface area (Å²) in [4.78, 5) is 12.8. The third-order valence-corrected chi connectivity index (χ3v) is 6.44. The predicted octanol–water partition coefficient (Wildman–Crippen LogP) is 5.91. The number of aromatic nitrogens is 3. The highest BCUT2D eigenvalue weighted by Crippen LogP contribution is 2.30. The van der Waals surface area contributed by atoms with Gasteiger partial charge in [-0.1, -0.05) is 53.2 Å². The summed E-state index contributed by atoms with van der Waals surface area (Å²) >= 11 is 1.36. The van der Waals surface area contributed by atoms with Crippen LogP contribution in [0.3, 0.4) is 0 Å². The van der Waals surface area contributed by atoms with Gasteiger partial charge >= 0.3 is 0 Å². The molecule has 0 atom stereocenters. The Kier molecular flexibility index (Phi) is 7.03. The molecule has 1 N–H and O–H groups in total. The topological polar surface area (TPSA) is 69.0 Å². The van der Waals surface area contributed by atoms with Crippen LogP contribution in [0.2, 0.25) is 0 Å². The Hall–Kier alpha value is -3.58. The highest BCUT2D eigenvalue weighted by atomic mass is 32.2. The van der Waals surface area contributed by atoms with Crippen LogP contribution in [0.5, 0.6) is 5.75 Å². The van der Waals surface area contributed by atoms with Crippen LogP contribution in [0, 0.1) is 27.7 Å². The zero-order valence-corrected chi connectivity index (χ0v) is 20.9. The Morgan fingerprint density at radius 2 is 1.65 bits per heavy atom. The van der Waals surface area contributed by atoms with Crippen molar-refractivity contribution in [2.45, 2.75) is 32.9 Å². The zero-order chi connectivity index (χ0) is 24.2. The summed E-state index contributed by atoms with van der Waals surface area (Å²) in [5.74, 6) is 1.63. The first-order chi connectivity index (χ1) is 16.4. The van der Waals surface area contributed by atoms with E-state index >= 15 is 0 Å². The van der Waals surface area contributed by atoms with E-state index in [-0.39, 0.29) is 11.7 Å². The van der Waals surface area contributed by atoms with E-state index in [2.05, 4.69) is 40.6 Å². The first kappa shape index (κ1) is 23.6. The van der Waals surface area contributed by atoms with Gasteiger partial charge in [0.1, 0.15) is 5.75 Å². The number of nitrogens with one attached hydrogen (secondary N) is 1. The summed E-state index contributed by atoms with van der Waals surface area (Å²) in [7, 11) is 1.64. The SMILES string of the molecule is COc1ccc(-n2c(SCC(=O)Nc3c(C)cc(C)cc3C)nnc2-c2cccc(C)c2)cc1. The molecule has 4 aromatic rings. The van der Waals surface area contributed by atoms with Gasteiger partial charge in [0.15, 0.2) is 11.0 Å².